The van der Waals surface area contributed by atoms with E-state index in [0.29, 0.717) is 15.2 Å². The second kappa shape index (κ2) is 8.48. The van der Waals surface area contributed by atoms with Gasteiger partial charge in [-0.1, -0.05) is 52.9 Å². The molecule has 0 saturated heterocycles. The molecular formula is C17H14ClFN4OS2. The number of benzene rings is 2. The first-order chi connectivity index (χ1) is 12.5. The van der Waals surface area contributed by atoms with Gasteiger partial charge >= 0.3 is 0 Å². The van der Waals surface area contributed by atoms with E-state index in [1.807, 2.05) is 30.3 Å². The van der Waals surface area contributed by atoms with Gasteiger partial charge in [-0.3, -0.25) is 4.79 Å². The second-order valence-electron chi connectivity index (χ2n) is 5.24. The summed E-state index contributed by atoms with van der Waals surface area (Å²) in [6.45, 7) is 1.75. The average molecular weight is 409 g/mol. The highest BCUT2D eigenvalue weighted by atomic mass is 35.5. The fourth-order valence-electron chi connectivity index (χ4n) is 1.98. The van der Waals surface area contributed by atoms with Gasteiger partial charge in [0.15, 0.2) is 4.34 Å². The van der Waals surface area contributed by atoms with Crippen molar-refractivity contribution in [3.05, 3.63) is 59.4 Å². The monoisotopic (exact) mass is 408 g/mol. The van der Waals surface area contributed by atoms with Crippen molar-refractivity contribution in [3.8, 4) is 0 Å². The number of thioether (sulfide) groups is 1. The summed E-state index contributed by atoms with van der Waals surface area (Å²) in [5.41, 5.74) is 1.28. The maximum Gasteiger partial charge on any atom is 0.237 e. The Morgan fingerprint density at radius 3 is 2.73 bits per heavy atom. The van der Waals surface area contributed by atoms with Gasteiger partial charge in [0, 0.05) is 5.69 Å². The SMILES string of the molecule is C[C@H](Sc1nnc(Nc2ccccc2)s1)C(=O)Nc1ccc(F)cc1Cl. The minimum Gasteiger partial charge on any atom is -0.330 e. The number of amides is 1. The third-order valence-electron chi connectivity index (χ3n) is 3.27. The van der Waals surface area contributed by atoms with Gasteiger partial charge < -0.3 is 10.6 Å². The van der Waals surface area contributed by atoms with Gasteiger partial charge in [-0.15, -0.1) is 10.2 Å². The molecule has 3 rings (SSSR count). The van der Waals surface area contributed by atoms with Crippen molar-refractivity contribution in [1.29, 1.82) is 0 Å². The van der Waals surface area contributed by atoms with E-state index in [1.54, 1.807) is 6.92 Å². The van der Waals surface area contributed by atoms with Crippen LogP contribution in [-0.4, -0.2) is 21.4 Å². The smallest absolute Gasteiger partial charge is 0.237 e. The standard InChI is InChI=1S/C17H14ClFN4OS2/c1-10(15(24)21-14-8-7-11(19)9-13(14)18)25-17-23-22-16(26-17)20-12-5-3-2-4-6-12/h2-10H,1H3,(H,20,22)(H,21,24)/t10-/m0/s1. The van der Waals surface area contributed by atoms with Crippen LogP contribution in [0, 0.1) is 5.82 Å². The van der Waals surface area contributed by atoms with Crippen molar-refractivity contribution in [2.45, 2.75) is 16.5 Å². The number of hydrogen-bond donors (Lipinski definition) is 2. The molecule has 0 saturated carbocycles. The van der Waals surface area contributed by atoms with E-state index in [1.165, 1.54) is 35.2 Å². The van der Waals surface area contributed by atoms with E-state index in [9.17, 15) is 9.18 Å². The van der Waals surface area contributed by atoms with E-state index in [4.69, 9.17) is 11.6 Å². The van der Waals surface area contributed by atoms with E-state index < -0.39 is 11.1 Å². The molecule has 1 heterocycles. The van der Waals surface area contributed by atoms with Gasteiger partial charge in [0.25, 0.3) is 0 Å². The minimum absolute atomic E-state index is 0.154. The third-order valence-corrected chi connectivity index (χ3v) is 5.60. The van der Waals surface area contributed by atoms with Crippen molar-refractivity contribution >= 4 is 57.1 Å². The molecule has 0 radical (unpaired) electrons. The summed E-state index contributed by atoms with van der Waals surface area (Å²) in [7, 11) is 0. The number of carbonyl (C=O) groups excluding carboxylic acids is 1. The van der Waals surface area contributed by atoms with Gasteiger partial charge in [0.1, 0.15) is 5.82 Å². The first-order valence-electron chi connectivity index (χ1n) is 7.59. The maximum absolute atomic E-state index is 13.1. The molecule has 1 amide bonds. The van der Waals surface area contributed by atoms with Crippen LogP contribution in [0.5, 0.6) is 0 Å². The molecule has 0 unspecified atom stereocenters. The molecule has 26 heavy (non-hydrogen) atoms. The van der Waals surface area contributed by atoms with Crippen LogP contribution in [0.4, 0.5) is 20.9 Å². The summed E-state index contributed by atoms with van der Waals surface area (Å²) in [5, 5.41) is 14.4. The van der Waals surface area contributed by atoms with Crippen LogP contribution in [0.3, 0.4) is 0 Å². The first-order valence-corrected chi connectivity index (χ1v) is 9.67. The zero-order valence-electron chi connectivity index (χ0n) is 13.6. The predicted molar refractivity (Wildman–Crippen MR) is 105 cm³/mol. The highest BCUT2D eigenvalue weighted by molar-refractivity contribution is 8.02. The summed E-state index contributed by atoms with van der Waals surface area (Å²) in [6, 6.07) is 13.5. The quantitative estimate of drug-likeness (QED) is 0.549. The molecule has 0 aliphatic carbocycles. The Labute approximate surface area is 163 Å². The van der Waals surface area contributed by atoms with Crippen LogP contribution in [-0.2, 0) is 4.79 Å². The minimum atomic E-state index is -0.456. The molecule has 0 aliphatic rings. The fourth-order valence-corrected chi connectivity index (χ4v) is 4.11. The topological polar surface area (TPSA) is 66.9 Å². The first kappa shape index (κ1) is 18.6. The summed E-state index contributed by atoms with van der Waals surface area (Å²) < 4.78 is 13.7. The highest BCUT2D eigenvalue weighted by Crippen LogP contribution is 2.31. The number of rotatable bonds is 6. The lowest BCUT2D eigenvalue weighted by Gasteiger charge is -2.11. The lowest BCUT2D eigenvalue weighted by atomic mass is 10.3. The summed E-state index contributed by atoms with van der Waals surface area (Å²) in [4.78, 5) is 12.3. The molecule has 0 fully saturated rings. The van der Waals surface area contributed by atoms with Crippen molar-refractivity contribution in [1.82, 2.24) is 10.2 Å². The van der Waals surface area contributed by atoms with Gasteiger partial charge in [-0.25, -0.2) is 4.39 Å². The number of para-hydroxylation sites is 1. The molecule has 2 N–H and O–H groups in total. The van der Waals surface area contributed by atoms with Crippen LogP contribution >= 0.6 is 34.7 Å². The molecule has 2 aromatic carbocycles. The van der Waals surface area contributed by atoms with Crippen LogP contribution < -0.4 is 10.6 Å². The largest absolute Gasteiger partial charge is 0.330 e. The van der Waals surface area contributed by atoms with Crippen molar-refractivity contribution in [2.24, 2.45) is 0 Å². The normalized spacial score (nSPS) is 11.8. The van der Waals surface area contributed by atoms with Gasteiger partial charge in [-0.05, 0) is 37.3 Å². The summed E-state index contributed by atoms with van der Waals surface area (Å²) >= 11 is 8.57. The summed E-state index contributed by atoms with van der Waals surface area (Å²) in [5.74, 6) is -0.709. The predicted octanol–water partition coefficient (Wildman–Crippen LogP) is 5.19. The molecule has 9 heteroatoms. The maximum atomic E-state index is 13.1. The molecular weight excluding hydrogens is 395 g/mol. The number of anilines is 3. The zero-order valence-corrected chi connectivity index (χ0v) is 16.0. The van der Waals surface area contributed by atoms with E-state index in [-0.39, 0.29) is 10.9 Å². The molecule has 1 atom stereocenters. The Hall–Kier alpha value is -2.16. The van der Waals surface area contributed by atoms with Crippen molar-refractivity contribution in [3.63, 3.8) is 0 Å². The zero-order chi connectivity index (χ0) is 18.5. The molecule has 0 bridgehead atoms. The molecule has 0 spiro atoms. The highest BCUT2D eigenvalue weighted by Gasteiger charge is 2.18. The Kier molecular flexibility index (Phi) is 6.08. The van der Waals surface area contributed by atoms with E-state index in [0.717, 1.165) is 11.8 Å². The Bertz CT molecular complexity index is 907. The third kappa shape index (κ3) is 4.94. The number of hydrogen-bond acceptors (Lipinski definition) is 6. The van der Waals surface area contributed by atoms with Crippen LogP contribution in [0.1, 0.15) is 6.92 Å². The van der Waals surface area contributed by atoms with E-state index >= 15 is 0 Å². The van der Waals surface area contributed by atoms with Crippen molar-refractivity contribution in [2.75, 3.05) is 10.6 Å². The molecule has 1 aromatic heterocycles. The Balaban J connectivity index is 1.59. The number of halogens is 2. The number of carbonyl (C=O) groups is 1. The molecule has 5 nitrogen and oxygen atoms in total. The molecule has 134 valence electrons. The lowest BCUT2D eigenvalue weighted by molar-refractivity contribution is -0.115. The second-order valence-corrected chi connectivity index (χ2v) is 8.21. The number of nitrogens with one attached hydrogen (secondary N) is 2. The molecule has 3 aromatic rings. The summed E-state index contributed by atoms with van der Waals surface area (Å²) in [6.07, 6.45) is 0. The molecule has 0 aliphatic heterocycles. The van der Waals surface area contributed by atoms with Crippen LogP contribution in [0.15, 0.2) is 52.9 Å². The van der Waals surface area contributed by atoms with Crippen molar-refractivity contribution < 1.29 is 9.18 Å². The number of nitrogens with zero attached hydrogens (tertiary/aromatic N) is 2. The van der Waals surface area contributed by atoms with Crippen LogP contribution in [0.25, 0.3) is 0 Å². The van der Waals surface area contributed by atoms with Gasteiger partial charge in [0.05, 0.1) is 16.0 Å². The van der Waals surface area contributed by atoms with E-state index in [2.05, 4.69) is 20.8 Å². The lowest BCUT2D eigenvalue weighted by Crippen LogP contribution is -2.22. The van der Waals surface area contributed by atoms with Crippen LogP contribution in [0.2, 0.25) is 5.02 Å². The Morgan fingerprint density at radius 2 is 2.00 bits per heavy atom. The fraction of sp³-hybridized carbons (Fsp3) is 0.118. The van der Waals surface area contributed by atoms with Gasteiger partial charge in [0.2, 0.25) is 11.0 Å². The van der Waals surface area contributed by atoms with Gasteiger partial charge in [-0.2, -0.15) is 0 Å². The number of aromatic nitrogens is 2. The Morgan fingerprint density at radius 1 is 1.23 bits per heavy atom. The average Bonchev–Trinajstić information content (AvgIpc) is 3.05.